The van der Waals surface area contributed by atoms with Crippen molar-refractivity contribution in [1.82, 2.24) is 15.3 Å². The molecule has 1 aliphatic heterocycles. The molecular weight excluding hydrogens is 494 g/mol. The molecule has 0 saturated heterocycles. The smallest absolute Gasteiger partial charge is 0.286 e. The van der Waals surface area contributed by atoms with E-state index in [1.165, 1.54) is 27.8 Å². The Morgan fingerprint density at radius 1 is 1.03 bits per heavy atom. The van der Waals surface area contributed by atoms with E-state index in [1.54, 1.807) is 0 Å². The van der Waals surface area contributed by atoms with Crippen molar-refractivity contribution in [3.63, 3.8) is 0 Å². The van der Waals surface area contributed by atoms with Gasteiger partial charge >= 0.3 is 0 Å². The van der Waals surface area contributed by atoms with Gasteiger partial charge in [0.1, 0.15) is 5.82 Å². The minimum Gasteiger partial charge on any atom is -0.459 e. The summed E-state index contributed by atoms with van der Waals surface area (Å²) in [6.07, 6.45) is 2.74. The number of nitrogens with one attached hydrogen (secondary N) is 2. The number of aliphatic hydroxyl groups is 1. The number of H-pyrrole nitrogens is 1. The van der Waals surface area contributed by atoms with Gasteiger partial charge < -0.3 is 29.6 Å². The van der Waals surface area contributed by atoms with Gasteiger partial charge in [0.15, 0.2) is 5.76 Å². The average molecular weight is 526 g/mol. The highest BCUT2D eigenvalue weighted by Crippen LogP contribution is 2.42. The highest BCUT2D eigenvalue weighted by Gasteiger charge is 2.32. The molecule has 200 valence electrons. The maximum Gasteiger partial charge on any atom is 0.286 e. The van der Waals surface area contributed by atoms with Crippen molar-refractivity contribution in [2.75, 3.05) is 26.4 Å². The van der Waals surface area contributed by atoms with E-state index in [0.717, 1.165) is 17.5 Å². The monoisotopic (exact) mass is 525 g/mol. The Hall–Kier alpha value is -3.98. The van der Waals surface area contributed by atoms with Crippen LogP contribution in [0.4, 0.5) is 0 Å². The first kappa shape index (κ1) is 25.3. The summed E-state index contributed by atoms with van der Waals surface area (Å²) in [5.74, 6) is 0.529. The van der Waals surface area contributed by atoms with Crippen LogP contribution in [-0.2, 0) is 32.0 Å². The molecule has 4 aromatic rings. The number of rotatable bonds is 10. The van der Waals surface area contributed by atoms with E-state index in [0.29, 0.717) is 25.5 Å². The zero-order valence-corrected chi connectivity index (χ0v) is 21.6. The van der Waals surface area contributed by atoms with Crippen LogP contribution in [0, 0.1) is 0 Å². The molecule has 8 nitrogen and oxygen atoms in total. The van der Waals surface area contributed by atoms with Crippen molar-refractivity contribution in [1.29, 1.82) is 0 Å². The van der Waals surface area contributed by atoms with E-state index in [9.17, 15) is 4.79 Å². The third-order valence-corrected chi connectivity index (χ3v) is 7.19. The molecule has 1 aliphatic carbocycles. The van der Waals surface area contributed by atoms with Gasteiger partial charge in [-0.3, -0.25) is 4.79 Å². The topological polar surface area (TPSA) is 106 Å². The van der Waals surface area contributed by atoms with Gasteiger partial charge in [-0.15, -0.1) is 0 Å². The zero-order valence-electron chi connectivity index (χ0n) is 21.6. The minimum absolute atomic E-state index is 0.0399. The molecule has 3 N–H and O–H groups in total. The molecule has 2 heterocycles. The predicted molar refractivity (Wildman–Crippen MR) is 147 cm³/mol. The Morgan fingerprint density at radius 2 is 1.87 bits per heavy atom. The summed E-state index contributed by atoms with van der Waals surface area (Å²) >= 11 is 0. The van der Waals surface area contributed by atoms with E-state index >= 15 is 0 Å². The normalized spacial score (nSPS) is 17.8. The molecule has 39 heavy (non-hydrogen) atoms. The second-order valence-electron chi connectivity index (χ2n) is 9.72. The summed E-state index contributed by atoms with van der Waals surface area (Å²) in [6, 6.07) is 22.6. The van der Waals surface area contributed by atoms with E-state index in [2.05, 4.69) is 57.7 Å². The Labute approximate surface area is 226 Å². The zero-order chi connectivity index (χ0) is 26.6. The lowest BCUT2D eigenvalue weighted by Crippen LogP contribution is -2.33. The number of fused-ring (bicyclic) bond motifs is 4. The number of hydrogen-bond acceptors (Lipinski definition) is 6. The number of amides is 1. The second-order valence-corrected chi connectivity index (χ2v) is 9.72. The van der Waals surface area contributed by atoms with Gasteiger partial charge in [-0.2, -0.15) is 0 Å². The molecule has 0 radical (unpaired) electrons. The minimum atomic E-state index is -0.607. The summed E-state index contributed by atoms with van der Waals surface area (Å²) in [5.41, 5.74) is 8.07. The van der Waals surface area contributed by atoms with E-state index in [1.807, 2.05) is 30.3 Å². The SMILES string of the molecule is O=C(NCc1nc2ccccc2[nH]1)C1=C[C@@H](c2cccc3c2Cc2ccccc2-3)C[C@@H](OCCOCCO)O1. The standard InChI is InChI=1S/C31H31N3O5/c35-12-13-37-14-15-38-30-18-21(23-8-5-9-24-22-7-2-1-6-20(22)16-25(23)24)17-28(39-30)31(36)32-19-29-33-26-10-3-4-11-27(26)34-29/h1-11,17,21,30,35H,12-16,18-19H2,(H,32,36)(H,33,34)/t21-,30+/m1/s1. The number of aromatic amines is 1. The Bertz CT molecular complexity index is 1480. The number of aliphatic hydroxyl groups excluding tert-OH is 1. The lowest BCUT2D eigenvalue weighted by molar-refractivity contribution is -0.151. The van der Waals surface area contributed by atoms with Gasteiger partial charge in [-0.05, 0) is 52.4 Å². The molecule has 1 aromatic heterocycles. The van der Waals surface area contributed by atoms with Crippen molar-refractivity contribution < 1.29 is 24.1 Å². The number of imidazole rings is 1. The first-order valence-corrected chi connectivity index (χ1v) is 13.3. The van der Waals surface area contributed by atoms with Gasteiger partial charge in [0.25, 0.3) is 5.91 Å². The number of allylic oxidation sites excluding steroid dienone is 1. The fourth-order valence-electron chi connectivity index (χ4n) is 5.41. The van der Waals surface area contributed by atoms with Crippen molar-refractivity contribution in [2.45, 2.75) is 31.6 Å². The first-order valence-electron chi connectivity index (χ1n) is 13.3. The fraction of sp³-hybridized carbons (Fsp3) is 0.290. The van der Waals surface area contributed by atoms with Crippen LogP contribution in [0.15, 0.2) is 78.6 Å². The number of nitrogens with zero attached hydrogens (tertiary/aromatic N) is 1. The van der Waals surface area contributed by atoms with Crippen LogP contribution in [0.5, 0.6) is 0 Å². The molecule has 2 aliphatic rings. The maximum atomic E-state index is 13.3. The molecule has 8 heteroatoms. The highest BCUT2D eigenvalue weighted by molar-refractivity contribution is 5.91. The van der Waals surface area contributed by atoms with Crippen LogP contribution in [-0.4, -0.2) is 53.7 Å². The van der Waals surface area contributed by atoms with E-state index in [-0.39, 0.29) is 37.3 Å². The molecule has 0 fully saturated rings. The summed E-state index contributed by atoms with van der Waals surface area (Å²) in [7, 11) is 0. The predicted octanol–water partition coefficient (Wildman–Crippen LogP) is 4.19. The Kier molecular flexibility index (Phi) is 7.40. The number of para-hydroxylation sites is 2. The summed E-state index contributed by atoms with van der Waals surface area (Å²) in [5, 5.41) is 11.9. The molecule has 0 spiro atoms. The van der Waals surface area contributed by atoms with Crippen molar-refractivity contribution in [3.05, 3.63) is 101 Å². The number of carbonyl (C=O) groups excluding carboxylic acids is 1. The summed E-state index contributed by atoms with van der Waals surface area (Å²) in [6.45, 7) is 1.09. The average Bonchev–Trinajstić information content (AvgIpc) is 3.57. The van der Waals surface area contributed by atoms with Crippen molar-refractivity contribution >= 4 is 16.9 Å². The molecule has 2 atom stereocenters. The molecular formula is C31H31N3O5. The first-order chi connectivity index (χ1) is 19.2. The van der Waals surface area contributed by atoms with Crippen molar-refractivity contribution in [2.24, 2.45) is 0 Å². The largest absolute Gasteiger partial charge is 0.459 e. The molecule has 1 amide bonds. The van der Waals surface area contributed by atoms with Gasteiger partial charge in [-0.1, -0.05) is 54.6 Å². The number of aromatic nitrogens is 2. The van der Waals surface area contributed by atoms with Crippen LogP contribution >= 0.6 is 0 Å². The Balaban J connectivity index is 1.22. The lowest BCUT2D eigenvalue weighted by Gasteiger charge is -2.30. The van der Waals surface area contributed by atoms with Gasteiger partial charge in [0.05, 0.1) is 44.0 Å². The molecule has 6 rings (SSSR count). The Morgan fingerprint density at radius 3 is 2.77 bits per heavy atom. The van der Waals surface area contributed by atoms with Crippen LogP contribution in [0.2, 0.25) is 0 Å². The van der Waals surface area contributed by atoms with Crippen molar-refractivity contribution in [3.8, 4) is 11.1 Å². The fourth-order valence-corrected chi connectivity index (χ4v) is 5.41. The number of ether oxygens (including phenoxy) is 3. The maximum absolute atomic E-state index is 13.3. The molecule has 0 saturated carbocycles. The molecule has 0 unspecified atom stereocenters. The lowest BCUT2D eigenvalue weighted by atomic mass is 9.87. The molecule has 3 aromatic carbocycles. The number of carbonyl (C=O) groups is 1. The summed E-state index contributed by atoms with van der Waals surface area (Å²) < 4.78 is 17.3. The third-order valence-electron chi connectivity index (χ3n) is 7.19. The van der Waals surface area contributed by atoms with Gasteiger partial charge in [-0.25, -0.2) is 4.98 Å². The number of hydrogen-bond donors (Lipinski definition) is 3. The van der Waals surface area contributed by atoms with Gasteiger partial charge in [0, 0.05) is 12.3 Å². The van der Waals surface area contributed by atoms with Gasteiger partial charge in [0.2, 0.25) is 6.29 Å². The summed E-state index contributed by atoms with van der Waals surface area (Å²) in [4.78, 5) is 21.1. The second kappa shape index (κ2) is 11.4. The highest BCUT2D eigenvalue weighted by atomic mass is 16.7. The quantitative estimate of drug-likeness (QED) is 0.236. The van der Waals surface area contributed by atoms with Crippen LogP contribution in [0.25, 0.3) is 22.2 Å². The van der Waals surface area contributed by atoms with Crippen LogP contribution in [0.1, 0.15) is 34.9 Å². The molecule has 0 bridgehead atoms. The van der Waals surface area contributed by atoms with Crippen LogP contribution in [0.3, 0.4) is 0 Å². The third kappa shape index (κ3) is 5.45. The van der Waals surface area contributed by atoms with E-state index < -0.39 is 6.29 Å². The number of benzene rings is 3. The van der Waals surface area contributed by atoms with Crippen LogP contribution < -0.4 is 5.32 Å². The van der Waals surface area contributed by atoms with E-state index in [4.69, 9.17) is 19.3 Å².